The van der Waals surface area contributed by atoms with Crippen LogP contribution in [-0.2, 0) is 0 Å². The normalized spacial score (nSPS) is 17.4. The Bertz CT molecular complexity index is 488. The number of carbonyl (C=O) groups is 1. The zero-order valence-corrected chi connectivity index (χ0v) is 13.9. The van der Waals surface area contributed by atoms with E-state index in [2.05, 4.69) is 30.0 Å². The van der Waals surface area contributed by atoms with E-state index in [1.54, 1.807) is 0 Å². The maximum Gasteiger partial charge on any atom is 0.177 e. The quantitative estimate of drug-likeness (QED) is 0.778. The molecule has 1 fully saturated rings. The number of nitrogens with zero attached hydrogens (tertiary/aromatic N) is 2. The van der Waals surface area contributed by atoms with Crippen LogP contribution < -0.4 is 0 Å². The van der Waals surface area contributed by atoms with Crippen molar-refractivity contribution in [2.45, 2.75) is 26.7 Å². The molecule has 1 aromatic rings. The number of piperidine rings is 1. The molecule has 0 atom stereocenters. The molecule has 0 aromatic heterocycles. The molecule has 1 aromatic carbocycles. The Kier molecular flexibility index (Phi) is 5.54. The minimum atomic E-state index is 0.266. The highest BCUT2D eigenvalue weighted by Gasteiger charge is 2.22. The number of carbonyl (C=O) groups excluding carboxylic acids is 1. The molecule has 0 spiro atoms. The maximum atomic E-state index is 12.5. The summed E-state index contributed by atoms with van der Waals surface area (Å²) < 4.78 is 0. The molecule has 0 amide bonds. The monoisotopic (exact) mass is 288 g/mol. The van der Waals surface area contributed by atoms with Gasteiger partial charge in [0.1, 0.15) is 0 Å². The topological polar surface area (TPSA) is 23.6 Å². The number of Topliss-reactive ketones (excluding diaryl/α,β-unsaturated/α-hetero) is 1. The van der Waals surface area contributed by atoms with Crippen LogP contribution in [0.2, 0.25) is 0 Å². The van der Waals surface area contributed by atoms with Gasteiger partial charge in [0.2, 0.25) is 0 Å². The second-order valence-corrected chi connectivity index (χ2v) is 6.72. The average molecular weight is 288 g/mol. The zero-order valence-electron chi connectivity index (χ0n) is 13.9. The van der Waals surface area contributed by atoms with Gasteiger partial charge in [0.25, 0.3) is 0 Å². The number of hydrogen-bond acceptors (Lipinski definition) is 3. The van der Waals surface area contributed by atoms with Crippen LogP contribution in [0.1, 0.15) is 34.3 Å². The van der Waals surface area contributed by atoms with Crippen LogP contribution in [0.25, 0.3) is 0 Å². The number of benzene rings is 1. The van der Waals surface area contributed by atoms with Crippen molar-refractivity contribution < 1.29 is 4.79 Å². The third-order valence-corrected chi connectivity index (χ3v) is 4.39. The molecule has 3 heteroatoms. The largest absolute Gasteiger partial charge is 0.309 e. The molecule has 3 nitrogen and oxygen atoms in total. The van der Waals surface area contributed by atoms with E-state index in [1.807, 2.05) is 26.0 Å². The van der Waals surface area contributed by atoms with Gasteiger partial charge in [-0.15, -0.1) is 0 Å². The lowest BCUT2D eigenvalue weighted by molar-refractivity contribution is 0.0885. The van der Waals surface area contributed by atoms with Gasteiger partial charge in [-0.3, -0.25) is 9.69 Å². The van der Waals surface area contributed by atoms with Crippen molar-refractivity contribution in [1.82, 2.24) is 9.80 Å². The van der Waals surface area contributed by atoms with Gasteiger partial charge < -0.3 is 4.90 Å². The van der Waals surface area contributed by atoms with E-state index < -0.39 is 0 Å². The third kappa shape index (κ3) is 4.65. The molecule has 0 N–H and O–H groups in total. The number of rotatable bonds is 5. The molecule has 21 heavy (non-hydrogen) atoms. The summed E-state index contributed by atoms with van der Waals surface area (Å²) in [6, 6.07) is 6.14. The lowest BCUT2D eigenvalue weighted by atomic mass is 9.95. The van der Waals surface area contributed by atoms with Gasteiger partial charge in [0, 0.05) is 12.1 Å². The Morgan fingerprint density at radius 2 is 1.90 bits per heavy atom. The highest BCUT2D eigenvalue weighted by Crippen LogP contribution is 2.19. The van der Waals surface area contributed by atoms with E-state index in [0.717, 1.165) is 35.7 Å². The molecule has 1 heterocycles. The van der Waals surface area contributed by atoms with E-state index in [9.17, 15) is 4.79 Å². The highest BCUT2D eigenvalue weighted by atomic mass is 16.1. The first-order valence-corrected chi connectivity index (χ1v) is 7.93. The van der Waals surface area contributed by atoms with Crippen molar-refractivity contribution in [2.75, 3.05) is 40.3 Å². The number of likely N-dealkylation sites (tertiary alicyclic amines) is 1. The zero-order chi connectivity index (χ0) is 15.4. The Morgan fingerprint density at radius 3 is 2.52 bits per heavy atom. The molecule has 1 saturated heterocycles. The fraction of sp³-hybridized carbons (Fsp3) is 0.611. The Morgan fingerprint density at radius 1 is 1.24 bits per heavy atom. The molecule has 0 radical (unpaired) electrons. The SMILES string of the molecule is Cc1ccc(C)c(C(=O)CN2CCC(CN(C)C)CC2)c1. The van der Waals surface area contributed by atoms with Crippen LogP contribution in [0.15, 0.2) is 18.2 Å². The number of aryl methyl sites for hydroxylation is 2. The summed E-state index contributed by atoms with van der Waals surface area (Å²) in [6.45, 7) is 7.90. The first-order chi connectivity index (χ1) is 9.95. The number of hydrogen-bond donors (Lipinski definition) is 0. The summed E-state index contributed by atoms with van der Waals surface area (Å²) >= 11 is 0. The van der Waals surface area contributed by atoms with Crippen molar-refractivity contribution in [2.24, 2.45) is 5.92 Å². The van der Waals surface area contributed by atoms with Gasteiger partial charge in [-0.25, -0.2) is 0 Å². The fourth-order valence-corrected chi connectivity index (χ4v) is 3.17. The summed E-state index contributed by atoms with van der Waals surface area (Å²) in [5, 5.41) is 0. The van der Waals surface area contributed by atoms with E-state index in [1.165, 1.54) is 19.4 Å². The van der Waals surface area contributed by atoms with Crippen molar-refractivity contribution in [3.05, 3.63) is 34.9 Å². The van der Waals surface area contributed by atoms with Crippen molar-refractivity contribution in [3.63, 3.8) is 0 Å². The lowest BCUT2D eigenvalue weighted by Gasteiger charge is -2.32. The minimum absolute atomic E-state index is 0.266. The third-order valence-electron chi connectivity index (χ3n) is 4.39. The van der Waals surface area contributed by atoms with E-state index in [4.69, 9.17) is 0 Å². The van der Waals surface area contributed by atoms with Gasteiger partial charge in [-0.05, 0) is 71.4 Å². The molecule has 1 aliphatic rings. The van der Waals surface area contributed by atoms with Crippen LogP contribution in [0.3, 0.4) is 0 Å². The van der Waals surface area contributed by atoms with E-state index >= 15 is 0 Å². The van der Waals surface area contributed by atoms with E-state index in [0.29, 0.717) is 6.54 Å². The molecule has 1 aliphatic heterocycles. The Labute approximate surface area is 128 Å². The predicted molar refractivity (Wildman–Crippen MR) is 88.0 cm³/mol. The van der Waals surface area contributed by atoms with Crippen LogP contribution in [0, 0.1) is 19.8 Å². The highest BCUT2D eigenvalue weighted by molar-refractivity contribution is 5.99. The van der Waals surface area contributed by atoms with Gasteiger partial charge in [0.05, 0.1) is 6.54 Å². The molecule has 2 rings (SSSR count). The lowest BCUT2D eigenvalue weighted by Crippen LogP contribution is -2.39. The van der Waals surface area contributed by atoms with Crippen LogP contribution in [0.4, 0.5) is 0 Å². The fourth-order valence-electron chi connectivity index (χ4n) is 3.17. The van der Waals surface area contributed by atoms with E-state index in [-0.39, 0.29) is 5.78 Å². The Hall–Kier alpha value is -1.19. The van der Waals surface area contributed by atoms with Crippen LogP contribution in [0.5, 0.6) is 0 Å². The molecule has 0 bridgehead atoms. The number of ketones is 1. The first-order valence-electron chi connectivity index (χ1n) is 7.93. The van der Waals surface area contributed by atoms with Crippen molar-refractivity contribution in [3.8, 4) is 0 Å². The van der Waals surface area contributed by atoms with Gasteiger partial charge in [-0.1, -0.05) is 17.7 Å². The summed E-state index contributed by atoms with van der Waals surface area (Å²) in [4.78, 5) is 17.1. The second kappa shape index (κ2) is 7.19. The van der Waals surface area contributed by atoms with Crippen LogP contribution in [-0.4, -0.2) is 55.9 Å². The van der Waals surface area contributed by atoms with Gasteiger partial charge >= 0.3 is 0 Å². The van der Waals surface area contributed by atoms with Crippen molar-refractivity contribution >= 4 is 5.78 Å². The van der Waals surface area contributed by atoms with Gasteiger partial charge in [0.15, 0.2) is 5.78 Å². The minimum Gasteiger partial charge on any atom is -0.309 e. The molecule has 0 unspecified atom stereocenters. The second-order valence-electron chi connectivity index (χ2n) is 6.72. The maximum absolute atomic E-state index is 12.5. The summed E-state index contributed by atoms with van der Waals surface area (Å²) in [6.07, 6.45) is 2.41. The molecule has 0 aliphatic carbocycles. The Balaban J connectivity index is 1.88. The van der Waals surface area contributed by atoms with Crippen molar-refractivity contribution in [1.29, 1.82) is 0 Å². The first kappa shape index (κ1) is 16.2. The average Bonchev–Trinajstić information content (AvgIpc) is 2.43. The van der Waals surface area contributed by atoms with Crippen LogP contribution >= 0.6 is 0 Å². The summed E-state index contributed by atoms with van der Waals surface area (Å²) in [5.41, 5.74) is 3.15. The molecule has 116 valence electrons. The smallest absolute Gasteiger partial charge is 0.177 e. The standard InChI is InChI=1S/C18H28N2O/c1-14-5-6-15(2)17(11-14)18(21)13-20-9-7-16(8-10-20)12-19(3)4/h5-6,11,16H,7-10,12-13H2,1-4H3. The molecular formula is C18H28N2O. The summed E-state index contributed by atoms with van der Waals surface area (Å²) in [7, 11) is 4.27. The molecular weight excluding hydrogens is 260 g/mol. The van der Waals surface area contributed by atoms with Gasteiger partial charge in [-0.2, -0.15) is 0 Å². The predicted octanol–water partition coefficient (Wildman–Crippen LogP) is 2.76. The summed E-state index contributed by atoms with van der Waals surface area (Å²) in [5.74, 6) is 1.05. The molecule has 0 saturated carbocycles.